The molecule has 1 aliphatic heterocycles. The molecule has 1 aliphatic rings. The lowest BCUT2D eigenvalue weighted by molar-refractivity contribution is -0.137. The summed E-state index contributed by atoms with van der Waals surface area (Å²) in [6.45, 7) is 1.48. The molecule has 2 aromatic carbocycles. The quantitative estimate of drug-likeness (QED) is 0.823. The van der Waals surface area contributed by atoms with E-state index in [4.69, 9.17) is 9.84 Å². The maximum Gasteiger partial charge on any atom is 0.416 e. The number of benzene rings is 2. The summed E-state index contributed by atoms with van der Waals surface area (Å²) in [6.07, 6.45) is -4.47. The molecule has 3 rings (SSSR count). The van der Waals surface area contributed by atoms with E-state index in [0.29, 0.717) is 26.2 Å². The largest absolute Gasteiger partial charge is 0.484 e. The highest BCUT2D eigenvalue weighted by Gasteiger charge is 2.30. The van der Waals surface area contributed by atoms with E-state index in [1.807, 2.05) is 4.90 Å². The van der Waals surface area contributed by atoms with E-state index in [1.54, 1.807) is 23.1 Å². The van der Waals surface area contributed by atoms with Gasteiger partial charge in [0.1, 0.15) is 5.75 Å². The maximum absolute atomic E-state index is 12.7. The minimum absolute atomic E-state index is 0.0164. The third-order valence-electron chi connectivity index (χ3n) is 4.61. The molecule has 1 heterocycles. The number of nitrogens with zero attached hydrogens (tertiary/aromatic N) is 2. The van der Waals surface area contributed by atoms with Crippen LogP contribution in [-0.2, 0) is 11.0 Å². The molecular formula is C20H19F3N2O4. The van der Waals surface area contributed by atoms with Crippen molar-refractivity contribution in [3.05, 3.63) is 59.7 Å². The van der Waals surface area contributed by atoms with Crippen LogP contribution in [0.25, 0.3) is 0 Å². The Labute approximate surface area is 165 Å². The molecule has 0 spiro atoms. The first kappa shape index (κ1) is 20.5. The van der Waals surface area contributed by atoms with Crippen LogP contribution in [0.1, 0.15) is 15.9 Å². The number of carbonyl (C=O) groups is 2. The number of anilines is 1. The van der Waals surface area contributed by atoms with E-state index in [0.717, 1.165) is 17.8 Å². The summed E-state index contributed by atoms with van der Waals surface area (Å²) in [4.78, 5) is 27.0. The molecule has 0 bridgehead atoms. The number of halogens is 3. The predicted octanol–water partition coefficient (Wildman–Crippen LogP) is 3.13. The zero-order valence-electron chi connectivity index (χ0n) is 15.4. The summed E-state index contributed by atoms with van der Waals surface area (Å²) in [5, 5.41) is 9.09. The molecule has 0 aromatic heterocycles. The average molecular weight is 408 g/mol. The number of rotatable bonds is 5. The number of piperazine rings is 1. The molecule has 0 unspecified atom stereocenters. The van der Waals surface area contributed by atoms with Gasteiger partial charge in [0.15, 0.2) is 6.61 Å². The van der Waals surface area contributed by atoms with Crippen LogP contribution in [0.3, 0.4) is 0 Å². The molecule has 1 fully saturated rings. The normalized spacial score (nSPS) is 14.6. The van der Waals surface area contributed by atoms with Gasteiger partial charge in [-0.2, -0.15) is 13.2 Å². The highest BCUT2D eigenvalue weighted by Crippen LogP contribution is 2.31. The highest BCUT2D eigenvalue weighted by atomic mass is 19.4. The second kappa shape index (κ2) is 8.42. The van der Waals surface area contributed by atoms with E-state index < -0.39 is 17.7 Å². The van der Waals surface area contributed by atoms with Gasteiger partial charge < -0.3 is 19.6 Å². The molecule has 154 valence electrons. The number of carboxylic acids is 1. The van der Waals surface area contributed by atoms with Gasteiger partial charge in [-0.05, 0) is 36.4 Å². The van der Waals surface area contributed by atoms with Gasteiger partial charge in [-0.25, -0.2) is 4.79 Å². The first-order valence-corrected chi connectivity index (χ1v) is 8.90. The van der Waals surface area contributed by atoms with Crippen LogP contribution in [0.15, 0.2) is 48.5 Å². The van der Waals surface area contributed by atoms with E-state index in [-0.39, 0.29) is 23.8 Å². The zero-order chi connectivity index (χ0) is 21.0. The standard InChI is InChI=1S/C20H19F3N2O4/c21-20(22,23)15-4-2-6-17(12-15)29-13-18(26)25-9-7-24(8-10-25)16-5-1-3-14(11-16)19(27)28/h1-6,11-12H,7-10,13H2,(H,27,28). The Morgan fingerprint density at radius 2 is 1.69 bits per heavy atom. The van der Waals surface area contributed by atoms with Gasteiger partial charge in [-0.3, -0.25) is 4.79 Å². The van der Waals surface area contributed by atoms with Crippen molar-refractivity contribution in [1.82, 2.24) is 4.90 Å². The lowest BCUT2D eigenvalue weighted by atomic mass is 10.1. The van der Waals surface area contributed by atoms with Crippen molar-refractivity contribution in [1.29, 1.82) is 0 Å². The van der Waals surface area contributed by atoms with E-state index >= 15 is 0 Å². The second-order valence-electron chi connectivity index (χ2n) is 6.54. The number of ether oxygens (including phenoxy) is 1. The average Bonchev–Trinajstić information content (AvgIpc) is 2.72. The van der Waals surface area contributed by atoms with Crippen molar-refractivity contribution in [3.8, 4) is 5.75 Å². The summed E-state index contributed by atoms with van der Waals surface area (Å²) in [6, 6.07) is 11.0. The SMILES string of the molecule is O=C(O)c1cccc(N2CCN(C(=O)COc3cccc(C(F)(F)F)c3)CC2)c1. The number of alkyl halides is 3. The third-order valence-corrected chi connectivity index (χ3v) is 4.61. The summed E-state index contributed by atoms with van der Waals surface area (Å²) in [5.74, 6) is -1.34. The molecule has 0 atom stereocenters. The van der Waals surface area contributed by atoms with Crippen LogP contribution in [0.2, 0.25) is 0 Å². The molecule has 9 heteroatoms. The van der Waals surface area contributed by atoms with Gasteiger partial charge in [0, 0.05) is 31.9 Å². The van der Waals surface area contributed by atoms with Crippen molar-refractivity contribution in [2.75, 3.05) is 37.7 Å². The van der Waals surface area contributed by atoms with Crippen LogP contribution in [0.5, 0.6) is 5.75 Å². The van der Waals surface area contributed by atoms with Crippen LogP contribution >= 0.6 is 0 Å². The summed E-state index contributed by atoms with van der Waals surface area (Å²) in [5.41, 5.74) is 0.118. The Morgan fingerprint density at radius 1 is 1.00 bits per heavy atom. The maximum atomic E-state index is 12.7. The fourth-order valence-electron chi connectivity index (χ4n) is 3.05. The molecular weight excluding hydrogens is 389 g/mol. The Kier molecular flexibility index (Phi) is 5.95. The molecule has 1 saturated heterocycles. The second-order valence-corrected chi connectivity index (χ2v) is 6.54. The Bertz CT molecular complexity index is 893. The van der Waals surface area contributed by atoms with Crippen molar-refractivity contribution >= 4 is 17.6 Å². The van der Waals surface area contributed by atoms with Crippen molar-refractivity contribution < 1.29 is 32.6 Å². The first-order chi connectivity index (χ1) is 13.7. The van der Waals surface area contributed by atoms with Gasteiger partial charge in [0.2, 0.25) is 0 Å². The minimum atomic E-state index is -4.47. The fourth-order valence-corrected chi connectivity index (χ4v) is 3.05. The van der Waals surface area contributed by atoms with Gasteiger partial charge in [0.05, 0.1) is 11.1 Å². The van der Waals surface area contributed by atoms with Crippen LogP contribution in [0.4, 0.5) is 18.9 Å². The fraction of sp³-hybridized carbons (Fsp3) is 0.300. The number of amides is 1. The van der Waals surface area contributed by atoms with E-state index in [2.05, 4.69) is 0 Å². The first-order valence-electron chi connectivity index (χ1n) is 8.90. The molecule has 0 saturated carbocycles. The number of carbonyl (C=O) groups excluding carboxylic acids is 1. The third kappa shape index (κ3) is 5.18. The molecule has 1 amide bonds. The van der Waals surface area contributed by atoms with E-state index in [1.165, 1.54) is 18.2 Å². The number of hydrogen-bond donors (Lipinski definition) is 1. The molecule has 0 aliphatic carbocycles. The summed E-state index contributed by atoms with van der Waals surface area (Å²) in [7, 11) is 0. The molecule has 2 aromatic rings. The summed E-state index contributed by atoms with van der Waals surface area (Å²) < 4.78 is 43.4. The van der Waals surface area contributed by atoms with E-state index in [9.17, 15) is 22.8 Å². The van der Waals surface area contributed by atoms with Crippen molar-refractivity contribution in [2.24, 2.45) is 0 Å². The van der Waals surface area contributed by atoms with Crippen LogP contribution in [0, 0.1) is 0 Å². The molecule has 6 nitrogen and oxygen atoms in total. The number of carboxylic acid groups (broad SMARTS) is 1. The van der Waals surface area contributed by atoms with Crippen molar-refractivity contribution in [2.45, 2.75) is 6.18 Å². The van der Waals surface area contributed by atoms with Gasteiger partial charge in [0.25, 0.3) is 5.91 Å². The Balaban J connectivity index is 1.53. The molecule has 0 radical (unpaired) electrons. The van der Waals surface area contributed by atoms with Crippen molar-refractivity contribution in [3.63, 3.8) is 0 Å². The smallest absolute Gasteiger partial charge is 0.416 e. The Morgan fingerprint density at radius 3 is 2.34 bits per heavy atom. The van der Waals surface area contributed by atoms with Crippen LogP contribution < -0.4 is 9.64 Å². The number of hydrogen-bond acceptors (Lipinski definition) is 4. The van der Waals surface area contributed by atoms with Gasteiger partial charge >= 0.3 is 12.1 Å². The minimum Gasteiger partial charge on any atom is -0.484 e. The predicted molar refractivity (Wildman–Crippen MR) is 99.1 cm³/mol. The van der Waals surface area contributed by atoms with Gasteiger partial charge in [-0.15, -0.1) is 0 Å². The van der Waals surface area contributed by atoms with Crippen LogP contribution in [-0.4, -0.2) is 54.7 Å². The highest BCUT2D eigenvalue weighted by molar-refractivity contribution is 5.88. The topological polar surface area (TPSA) is 70.1 Å². The lowest BCUT2D eigenvalue weighted by Gasteiger charge is -2.36. The summed E-state index contributed by atoms with van der Waals surface area (Å²) >= 11 is 0. The number of aromatic carboxylic acids is 1. The lowest BCUT2D eigenvalue weighted by Crippen LogP contribution is -2.50. The molecule has 29 heavy (non-hydrogen) atoms. The zero-order valence-corrected chi connectivity index (χ0v) is 15.4. The molecule has 1 N–H and O–H groups in total. The Hall–Kier alpha value is -3.23. The van der Waals surface area contributed by atoms with Gasteiger partial charge in [-0.1, -0.05) is 12.1 Å². The monoisotopic (exact) mass is 408 g/mol.